The van der Waals surface area contributed by atoms with Gasteiger partial charge < -0.3 is 15.7 Å². The van der Waals surface area contributed by atoms with Crippen LogP contribution in [0.15, 0.2) is 48.5 Å². The van der Waals surface area contributed by atoms with Crippen LogP contribution in [0.25, 0.3) is 0 Å². The minimum atomic E-state index is -1.18. The maximum Gasteiger partial charge on any atom is 0.319 e. The number of halogens is 2. The summed E-state index contributed by atoms with van der Waals surface area (Å²) in [5.41, 5.74) is 0.110. The normalized spacial score (nSPS) is 11.8. The molecule has 1 atom stereocenters. The Morgan fingerprint density at radius 3 is 2.33 bits per heavy atom. The van der Waals surface area contributed by atoms with Crippen LogP contribution in [0.2, 0.25) is 0 Å². The number of hydrogen-bond acceptors (Lipinski definition) is 2. The smallest absolute Gasteiger partial charge is 0.319 e. The number of rotatable bonds is 4. The van der Waals surface area contributed by atoms with Gasteiger partial charge in [-0.1, -0.05) is 30.3 Å². The van der Waals surface area contributed by atoms with Crippen molar-refractivity contribution >= 4 is 11.7 Å². The summed E-state index contributed by atoms with van der Waals surface area (Å²) in [5, 5.41) is 14.5. The third kappa shape index (κ3) is 4.00. The van der Waals surface area contributed by atoms with E-state index in [1.807, 2.05) is 0 Å². The van der Waals surface area contributed by atoms with Crippen molar-refractivity contribution in [2.75, 3.05) is 11.9 Å². The standard InChI is InChI=1S/C15H14F2N2O2/c16-11-6-2-1-5-10(11)14(20)9-18-15(21)19-13-8-4-3-7-12(13)17/h1-8,14,20H,9H2,(H2,18,19,21)/t14-/m0/s1. The number of para-hydroxylation sites is 1. The van der Waals surface area contributed by atoms with Gasteiger partial charge in [0.2, 0.25) is 0 Å². The number of benzene rings is 2. The Morgan fingerprint density at radius 2 is 1.67 bits per heavy atom. The zero-order valence-electron chi connectivity index (χ0n) is 11.0. The highest BCUT2D eigenvalue weighted by Gasteiger charge is 2.13. The molecule has 6 heteroatoms. The van der Waals surface area contributed by atoms with E-state index < -0.39 is 23.8 Å². The minimum Gasteiger partial charge on any atom is -0.386 e. The van der Waals surface area contributed by atoms with Gasteiger partial charge in [-0.2, -0.15) is 0 Å². The minimum absolute atomic E-state index is 0.0235. The summed E-state index contributed by atoms with van der Waals surface area (Å²) in [4.78, 5) is 11.6. The van der Waals surface area contributed by atoms with E-state index in [0.29, 0.717) is 0 Å². The SMILES string of the molecule is O=C(NC[C@H](O)c1ccccc1F)Nc1ccccc1F. The quantitative estimate of drug-likeness (QED) is 0.811. The van der Waals surface area contributed by atoms with Gasteiger partial charge in [0, 0.05) is 12.1 Å². The van der Waals surface area contributed by atoms with Crippen molar-refractivity contribution in [3.63, 3.8) is 0 Å². The highest BCUT2D eigenvalue weighted by molar-refractivity contribution is 5.89. The second-order valence-electron chi connectivity index (χ2n) is 4.35. The first kappa shape index (κ1) is 14.9. The summed E-state index contributed by atoms with van der Waals surface area (Å²) < 4.78 is 26.8. The molecule has 3 N–H and O–H groups in total. The zero-order chi connectivity index (χ0) is 15.2. The number of carbonyl (C=O) groups is 1. The van der Waals surface area contributed by atoms with Crippen LogP contribution >= 0.6 is 0 Å². The van der Waals surface area contributed by atoms with Gasteiger partial charge in [-0.3, -0.25) is 0 Å². The summed E-state index contributed by atoms with van der Waals surface area (Å²) in [6.07, 6.45) is -1.18. The van der Waals surface area contributed by atoms with E-state index in [4.69, 9.17) is 0 Å². The Bertz CT molecular complexity index is 635. The number of aliphatic hydroxyl groups excluding tert-OH is 1. The predicted molar refractivity (Wildman–Crippen MR) is 74.8 cm³/mol. The van der Waals surface area contributed by atoms with E-state index in [1.54, 1.807) is 12.1 Å². The fraction of sp³-hybridized carbons (Fsp3) is 0.133. The Balaban J connectivity index is 1.90. The monoisotopic (exact) mass is 292 g/mol. The number of hydrogen-bond donors (Lipinski definition) is 3. The molecule has 0 spiro atoms. The number of aliphatic hydroxyl groups is 1. The number of nitrogens with one attached hydrogen (secondary N) is 2. The van der Waals surface area contributed by atoms with E-state index in [1.165, 1.54) is 36.4 Å². The maximum absolute atomic E-state index is 13.4. The molecule has 2 aromatic carbocycles. The van der Waals surface area contributed by atoms with Crippen molar-refractivity contribution in [1.29, 1.82) is 0 Å². The van der Waals surface area contributed by atoms with Gasteiger partial charge in [-0.25, -0.2) is 13.6 Å². The maximum atomic E-state index is 13.4. The van der Waals surface area contributed by atoms with E-state index >= 15 is 0 Å². The molecule has 0 aliphatic heterocycles. The van der Waals surface area contributed by atoms with Crippen molar-refractivity contribution in [1.82, 2.24) is 5.32 Å². The lowest BCUT2D eigenvalue weighted by Crippen LogP contribution is -2.32. The first-order chi connectivity index (χ1) is 10.1. The molecule has 21 heavy (non-hydrogen) atoms. The van der Waals surface area contributed by atoms with Crippen molar-refractivity contribution in [2.24, 2.45) is 0 Å². The third-order valence-corrected chi connectivity index (χ3v) is 2.84. The summed E-state index contributed by atoms with van der Waals surface area (Å²) in [6.45, 7) is -0.193. The highest BCUT2D eigenvalue weighted by Crippen LogP contribution is 2.16. The van der Waals surface area contributed by atoms with E-state index in [9.17, 15) is 18.7 Å². The predicted octanol–water partition coefficient (Wildman–Crippen LogP) is 2.82. The molecule has 0 fully saturated rings. The van der Waals surface area contributed by atoms with Crippen molar-refractivity contribution < 1.29 is 18.7 Å². The lowest BCUT2D eigenvalue weighted by atomic mass is 10.1. The molecule has 0 aliphatic rings. The Hall–Kier alpha value is -2.47. The van der Waals surface area contributed by atoms with Crippen molar-refractivity contribution in [3.05, 3.63) is 65.7 Å². The van der Waals surface area contributed by atoms with Gasteiger partial charge in [-0.15, -0.1) is 0 Å². The van der Waals surface area contributed by atoms with Gasteiger partial charge in [-0.05, 0) is 18.2 Å². The van der Waals surface area contributed by atoms with Crippen LogP contribution in [0.4, 0.5) is 19.3 Å². The van der Waals surface area contributed by atoms with Gasteiger partial charge in [0.1, 0.15) is 11.6 Å². The topological polar surface area (TPSA) is 61.4 Å². The van der Waals surface area contributed by atoms with Crippen LogP contribution in [0.5, 0.6) is 0 Å². The van der Waals surface area contributed by atoms with Gasteiger partial charge in [0.15, 0.2) is 0 Å². The summed E-state index contributed by atoms with van der Waals surface area (Å²) in [6, 6.07) is 10.7. The lowest BCUT2D eigenvalue weighted by molar-refractivity contribution is 0.170. The molecular formula is C15H14F2N2O2. The van der Waals surface area contributed by atoms with Crippen molar-refractivity contribution in [2.45, 2.75) is 6.10 Å². The second kappa shape index (κ2) is 6.81. The van der Waals surface area contributed by atoms with E-state index in [0.717, 1.165) is 0 Å². The average molecular weight is 292 g/mol. The molecule has 0 aliphatic carbocycles. The molecule has 0 bridgehead atoms. The fourth-order valence-corrected chi connectivity index (χ4v) is 1.77. The number of anilines is 1. The summed E-state index contributed by atoms with van der Waals surface area (Å²) in [5.74, 6) is -1.12. The largest absolute Gasteiger partial charge is 0.386 e. The second-order valence-corrected chi connectivity index (χ2v) is 4.35. The molecule has 2 amide bonds. The van der Waals surface area contributed by atoms with E-state index in [2.05, 4.69) is 10.6 Å². The molecule has 110 valence electrons. The molecule has 0 heterocycles. The van der Waals surface area contributed by atoms with Gasteiger partial charge in [0.05, 0.1) is 11.8 Å². The number of amides is 2. The molecule has 4 nitrogen and oxygen atoms in total. The van der Waals surface area contributed by atoms with Crippen LogP contribution in [-0.2, 0) is 0 Å². The first-order valence-electron chi connectivity index (χ1n) is 6.30. The Morgan fingerprint density at radius 1 is 1.05 bits per heavy atom. The first-order valence-corrected chi connectivity index (χ1v) is 6.30. The van der Waals surface area contributed by atoms with E-state index in [-0.39, 0.29) is 17.8 Å². The Kier molecular flexibility index (Phi) is 4.84. The summed E-state index contributed by atoms with van der Waals surface area (Å²) in [7, 11) is 0. The molecule has 0 radical (unpaired) electrons. The van der Waals surface area contributed by atoms with Crippen LogP contribution in [0.1, 0.15) is 11.7 Å². The van der Waals surface area contributed by atoms with Crippen LogP contribution in [0, 0.1) is 11.6 Å². The molecule has 2 aromatic rings. The molecule has 2 rings (SSSR count). The molecule has 0 saturated heterocycles. The summed E-state index contributed by atoms with van der Waals surface area (Å²) >= 11 is 0. The highest BCUT2D eigenvalue weighted by atomic mass is 19.1. The van der Waals surface area contributed by atoms with Crippen LogP contribution in [-0.4, -0.2) is 17.7 Å². The third-order valence-electron chi connectivity index (χ3n) is 2.84. The number of carbonyl (C=O) groups excluding carboxylic acids is 1. The van der Waals surface area contributed by atoms with Crippen LogP contribution < -0.4 is 10.6 Å². The molecular weight excluding hydrogens is 278 g/mol. The fourth-order valence-electron chi connectivity index (χ4n) is 1.77. The lowest BCUT2D eigenvalue weighted by Gasteiger charge is -2.13. The molecule has 0 unspecified atom stereocenters. The van der Waals surface area contributed by atoms with Gasteiger partial charge >= 0.3 is 6.03 Å². The van der Waals surface area contributed by atoms with Gasteiger partial charge in [0.25, 0.3) is 0 Å². The van der Waals surface area contributed by atoms with Crippen molar-refractivity contribution in [3.8, 4) is 0 Å². The zero-order valence-corrected chi connectivity index (χ0v) is 11.0. The Labute approximate surface area is 120 Å². The molecule has 0 saturated carbocycles. The average Bonchev–Trinajstić information content (AvgIpc) is 2.48. The van der Waals surface area contributed by atoms with Crippen LogP contribution in [0.3, 0.4) is 0 Å². The number of urea groups is 1. The molecule has 0 aromatic heterocycles.